The van der Waals surface area contributed by atoms with Crippen LogP contribution < -0.4 is 10.2 Å². The molecule has 1 saturated heterocycles. The van der Waals surface area contributed by atoms with Crippen molar-refractivity contribution in [2.24, 2.45) is 5.92 Å². The monoisotopic (exact) mass is 469 g/mol. The lowest BCUT2D eigenvalue weighted by atomic mass is 9.93. The molecule has 0 bridgehead atoms. The average Bonchev–Trinajstić information content (AvgIpc) is 3.24. The number of nitrogens with zero attached hydrogens (tertiary/aromatic N) is 2. The molecule has 2 aliphatic heterocycles. The van der Waals surface area contributed by atoms with Crippen LogP contribution in [0.25, 0.3) is 0 Å². The topological polar surface area (TPSA) is 107 Å². The predicted molar refractivity (Wildman–Crippen MR) is 123 cm³/mol. The number of rotatable bonds is 6. The molecular formula is C24H24ClN3O5. The Hall–Kier alpha value is -3.39. The second-order valence-electron chi connectivity index (χ2n) is 8.19. The number of hydrogen-bond donors (Lipinski definition) is 2. The van der Waals surface area contributed by atoms with E-state index >= 15 is 0 Å². The Bertz CT molecular complexity index is 1110. The van der Waals surface area contributed by atoms with Gasteiger partial charge in [-0.3, -0.25) is 19.2 Å². The number of anilines is 2. The van der Waals surface area contributed by atoms with Gasteiger partial charge in [0.1, 0.15) is 6.54 Å². The summed E-state index contributed by atoms with van der Waals surface area (Å²) in [5, 5.41) is 12.8. The molecule has 9 heteroatoms. The van der Waals surface area contributed by atoms with Gasteiger partial charge in [-0.25, -0.2) is 0 Å². The molecule has 0 unspecified atom stereocenters. The van der Waals surface area contributed by atoms with Crippen molar-refractivity contribution < 1.29 is 24.3 Å². The van der Waals surface area contributed by atoms with Crippen molar-refractivity contribution in [3.8, 4) is 0 Å². The molecule has 4 rings (SSSR count). The Labute approximate surface area is 196 Å². The second-order valence-corrected chi connectivity index (χ2v) is 8.59. The molecule has 2 heterocycles. The number of carboxylic acids is 1. The Morgan fingerprint density at radius 3 is 2.48 bits per heavy atom. The number of halogens is 1. The number of nitrogens with one attached hydrogen (secondary N) is 1. The van der Waals surface area contributed by atoms with Crippen LogP contribution in [0.3, 0.4) is 0 Å². The van der Waals surface area contributed by atoms with E-state index in [0.717, 1.165) is 0 Å². The summed E-state index contributed by atoms with van der Waals surface area (Å²) < 4.78 is 0. The van der Waals surface area contributed by atoms with E-state index in [2.05, 4.69) is 5.32 Å². The molecule has 2 aromatic carbocycles. The number of aliphatic carboxylic acids is 1. The van der Waals surface area contributed by atoms with E-state index in [9.17, 15) is 24.3 Å². The second kappa shape index (κ2) is 9.62. The normalized spacial score (nSPS) is 19.7. The van der Waals surface area contributed by atoms with E-state index in [1.54, 1.807) is 53.4 Å². The molecule has 1 fully saturated rings. The highest BCUT2D eigenvalue weighted by Gasteiger charge is 2.42. The highest BCUT2D eigenvalue weighted by molar-refractivity contribution is 6.31. The quantitative estimate of drug-likeness (QED) is 0.673. The Morgan fingerprint density at radius 1 is 1.03 bits per heavy atom. The molecular weight excluding hydrogens is 446 g/mol. The summed E-state index contributed by atoms with van der Waals surface area (Å²) in [7, 11) is 0. The van der Waals surface area contributed by atoms with E-state index in [1.165, 1.54) is 4.90 Å². The maximum absolute atomic E-state index is 13.0. The number of carbonyl (C=O) groups is 4. The minimum atomic E-state index is -0.965. The van der Waals surface area contributed by atoms with Gasteiger partial charge in [-0.1, -0.05) is 41.9 Å². The van der Waals surface area contributed by atoms with Gasteiger partial charge in [0.25, 0.3) is 0 Å². The zero-order valence-electron chi connectivity index (χ0n) is 17.9. The van der Waals surface area contributed by atoms with Gasteiger partial charge in [0.15, 0.2) is 0 Å². The number of carbonyl (C=O) groups excluding carboxylic acids is 3. The van der Waals surface area contributed by atoms with Gasteiger partial charge < -0.3 is 20.2 Å². The van der Waals surface area contributed by atoms with Crippen molar-refractivity contribution in [3.63, 3.8) is 0 Å². The fourth-order valence-corrected chi connectivity index (χ4v) is 4.80. The van der Waals surface area contributed by atoms with E-state index in [4.69, 9.17) is 11.6 Å². The van der Waals surface area contributed by atoms with Crippen molar-refractivity contribution in [1.29, 1.82) is 0 Å². The molecule has 0 spiro atoms. The SMILES string of the molecule is O=C1CN(C(=O)CCCC(=O)N2CC[C@@H](C(=O)O)[C@H]2c2ccccc2Cl)c2ccccc2N1. The molecule has 0 aromatic heterocycles. The van der Waals surface area contributed by atoms with E-state index in [-0.39, 0.29) is 37.1 Å². The van der Waals surface area contributed by atoms with Crippen molar-refractivity contribution in [1.82, 2.24) is 4.90 Å². The number of amides is 3. The van der Waals surface area contributed by atoms with Crippen LogP contribution in [-0.2, 0) is 19.2 Å². The van der Waals surface area contributed by atoms with Crippen molar-refractivity contribution in [2.75, 3.05) is 23.3 Å². The van der Waals surface area contributed by atoms with Crippen LogP contribution in [0.2, 0.25) is 5.02 Å². The standard InChI is InChI=1S/C24H24ClN3O5/c25-17-7-2-1-6-15(17)23-16(24(32)33)12-13-27(23)21(30)10-5-11-22(31)28-14-20(29)26-18-8-3-4-9-19(18)28/h1-4,6-9,16,23H,5,10-14H2,(H,26,29)(H,32,33)/t16-,23-/m1/s1. The maximum atomic E-state index is 13.0. The Morgan fingerprint density at radius 2 is 1.73 bits per heavy atom. The third kappa shape index (κ3) is 4.71. The third-order valence-electron chi connectivity index (χ3n) is 6.11. The van der Waals surface area contributed by atoms with Crippen molar-refractivity contribution in [3.05, 3.63) is 59.1 Å². The molecule has 2 aliphatic rings. The molecule has 8 nitrogen and oxygen atoms in total. The van der Waals surface area contributed by atoms with Crippen LogP contribution in [0.5, 0.6) is 0 Å². The van der Waals surface area contributed by atoms with Crippen LogP contribution in [0.4, 0.5) is 11.4 Å². The van der Waals surface area contributed by atoms with E-state index in [0.29, 0.717) is 41.3 Å². The number of para-hydroxylation sites is 2. The first kappa shape index (κ1) is 22.8. The van der Waals surface area contributed by atoms with Gasteiger partial charge in [-0.2, -0.15) is 0 Å². The lowest BCUT2D eigenvalue weighted by Gasteiger charge is -2.29. The number of likely N-dealkylation sites (tertiary alicyclic amines) is 1. The molecule has 0 radical (unpaired) electrons. The highest BCUT2D eigenvalue weighted by atomic mass is 35.5. The summed E-state index contributed by atoms with van der Waals surface area (Å²) in [6.45, 7) is 0.254. The largest absolute Gasteiger partial charge is 0.481 e. The molecule has 3 amide bonds. The summed E-state index contributed by atoms with van der Waals surface area (Å²) in [5.74, 6) is -2.42. The molecule has 2 N–H and O–H groups in total. The van der Waals surface area contributed by atoms with Crippen molar-refractivity contribution in [2.45, 2.75) is 31.7 Å². The molecule has 2 aromatic rings. The van der Waals surface area contributed by atoms with E-state index < -0.39 is 17.9 Å². The lowest BCUT2D eigenvalue weighted by Crippen LogP contribution is -2.42. The zero-order chi connectivity index (χ0) is 23.5. The fraction of sp³-hybridized carbons (Fsp3) is 0.333. The molecule has 2 atom stereocenters. The van der Waals surface area contributed by atoms with Crippen LogP contribution >= 0.6 is 11.6 Å². The Balaban J connectivity index is 1.41. The third-order valence-corrected chi connectivity index (χ3v) is 6.46. The van der Waals surface area contributed by atoms with Crippen molar-refractivity contribution >= 4 is 46.7 Å². The van der Waals surface area contributed by atoms with Gasteiger partial charge in [0.2, 0.25) is 17.7 Å². The van der Waals surface area contributed by atoms with Gasteiger partial charge in [-0.05, 0) is 36.6 Å². The number of fused-ring (bicyclic) bond motifs is 1. The molecule has 172 valence electrons. The minimum Gasteiger partial charge on any atom is -0.481 e. The molecule has 0 aliphatic carbocycles. The first-order valence-corrected chi connectivity index (χ1v) is 11.2. The summed E-state index contributed by atoms with van der Waals surface area (Å²) in [4.78, 5) is 52.6. The highest BCUT2D eigenvalue weighted by Crippen LogP contribution is 2.40. The van der Waals surface area contributed by atoms with Gasteiger partial charge in [0.05, 0.1) is 23.3 Å². The molecule has 0 saturated carbocycles. The number of hydrogen-bond acceptors (Lipinski definition) is 4. The van der Waals surface area contributed by atoms with Crippen LogP contribution in [0, 0.1) is 5.92 Å². The first-order chi connectivity index (χ1) is 15.9. The lowest BCUT2D eigenvalue weighted by molar-refractivity contribution is -0.143. The van der Waals surface area contributed by atoms with Gasteiger partial charge in [0, 0.05) is 24.4 Å². The smallest absolute Gasteiger partial charge is 0.309 e. The Kier molecular flexibility index (Phi) is 6.65. The summed E-state index contributed by atoms with van der Waals surface area (Å²) in [6.07, 6.45) is 0.831. The van der Waals surface area contributed by atoms with Crippen LogP contribution in [0.15, 0.2) is 48.5 Å². The minimum absolute atomic E-state index is 0.0647. The van der Waals surface area contributed by atoms with Gasteiger partial charge in [-0.15, -0.1) is 0 Å². The summed E-state index contributed by atoms with van der Waals surface area (Å²) >= 11 is 6.32. The predicted octanol–water partition coefficient (Wildman–Crippen LogP) is 3.47. The summed E-state index contributed by atoms with van der Waals surface area (Å²) in [5.41, 5.74) is 1.83. The number of carboxylic acid groups (broad SMARTS) is 1. The number of benzene rings is 2. The average molecular weight is 470 g/mol. The van der Waals surface area contributed by atoms with Crippen LogP contribution in [-0.4, -0.2) is 46.8 Å². The summed E-state index contributed by atoms with van der Waals surface area (Å²) in [6, 6.07) is 13.4. The maximum Gasteiger partial charge on any atom is 0.309 e. The van der Waals surface area contributed by atoms with E-state index in [1.807, 2.05) is 0 Å². The zero-order valence-corrected chi connectivity index (χ0v) is 18.6. The van der Waals surface area contributed by atoms with Crippen LogP contribution in [0.1, 0.15) is 37.3 Å². The van der Waals surface area contributed by atoms with Gasteiger partial charge >= 0.3 is 5.97 Å². The fourth-order valence-electron chi connectivity index (χ4n) is 4.56. The molecule has 33 heavy (non-hydrogen) atoms. The first-order valence-electron chi connectivity index (χ1n) is 10.8.